The van der Waals surface area contributed by atoms with Crippen molar-refractivity contribution in [3.05, 3.63) is 235 Å². The van der Waals surface area contributed by atoms with Gasteiger partial charge in [0.1, 0.15) is 11.2 Å². The molecule has 12 rings (SSSR count). The van der Waals surface area contributed by atoms with Crippen LogP contribution in [0.25, 0.3) is 44.2 Å². The van der Waals surface area contributed by atoms with E-state index in [1.54, 1.807) is 0 Å². The molecule has 1 spiro atoms. The van der Waals surface area contributed by atoms with Crippen molar-refractivity contribution in [3.63, 3.8) is 0 Å². The predicted molar refractivity (Wildman–Crippen MR) is 250 cm³/mol. The van der Waals surface area contributed by atoms with Gasteiger partial charge in [-0.1, -0.05) is 175 Å². The number of furan rings is 1. The number of para-hydroxylation sites is 1. The summed E-state index contributed by atoms with van der Waals surface area (Å²) in [5, 5.41) is 5.22. The average molecular weight is 788 g/mol. The SMILES string of the molecule is c1ccc(-c2ccccc2-c2ccc(N(c3ccc4c(c3)oc3ccccc34)c3cccc4c3[SiH2]c3ccccc3C43c4ccccc4Sc4ccccc43)cc2)cc1. The van der Waals surface area contributed by atoms with Crippen LogP contribution in [0.4, 0.5) is 17.1 Å². The van der Waals surface area contributed by atoms with Gasteiger partial charge in [0.05, 0.1) is 14.9 Å². The summed E-state index contributed by atoms with van der Waals surface area (Å²) in [7, 11) is -0.965. The Balaban J connectivity index is 1.10. The number of rotatable bonds is 5. The first kappa shape index (κ1) is 34.2. The molecule has 2 nitrogen and oxygen atoms in total. The lowest BCUT2D eigenvalue weighted by Crippen LogP contribution is -2.51. The van der Waals surface area contributed by atoms with Gasteiger partial charge in [0, 0.05) is 43.7 Å². The van der Waals surface area contributed by atoms with Crippen LogP contribution in [0, 0.1) is 0 Å². The molecule has 59 heavy (non-hydrogen) atoms. The minimum absolute atomic E-state index is 0.453. The molecule has 0 radical (unpaired) electrons. The van der Waals surface area contributed by atoms with Crippen LogP contribution in [0.2, 0.25) is 0 Å². The largest absolute Gasteiger partial charge is 0.456 e. The van der Waals surface area contributed by atoms with Gasteiger partial charge in [-0.3, -0.25) is 0 Å². The highest BCUT2D eigenvalue weighted by molar-refractivity contribution is 7.99. The van der Waals surface area contributed by atoms with E-state index >= 15 is 0 Å². The van der Waals surface area contributed by atoms with Gasteiger partial charge in [0.2, 0.25) is 0 Å². The summed E-state index contributed by atoms with van der Waals surface area (Å²) in [6.07, 6.45) is 0. The van der Waals surface area contributed by atoms with E-state index in [1.165, 1.54) is 70.4 Å². The number of benzene rings is 9. The third kappa shape index (κ3) is 5.27. The van der Waals surface area contributed by atoms with Gasteiger partial charge in [0.25, 0.3) is 0 Å². The number of nitrogens with zero attached hydrogens (tertiary/aromatic N) is 1. The van der Waals surface area contributed by atoms with E-state index in [1.807, 2.05) is 17.8 Å². The van der Waals surface area contributed by atoms with E-state index in [2.05, 4.69) is 211 Å². The van der Waals surface area contributed by atoms with Gasteiger partial charge in [-0.15, -0.1) is 0 Å². The number of anilines is 3. The van der Waals surface area contributed by atoms with Crippen molar-refractivity contribution in [3.8, 4) is 22.3 Å². The lowest BCUT2D eigenvalue weighted by atomic mass is 9.64. The number of hydrogen-bond donors (Lipinski definition) is 0. The van der Waals surface area contributed by atoms with Gasteiger partial charge < -0.3 is 9.32 Å². The second-order valence-corrected chi connectivity index (χ2v) is 18.5. The average Bonchev–Trinajstić information content (AvgIpc) is 3.68. The fraction of sp³-hybridized carbons (Fsp3) is 0.0182. The molecule has 0 aliphatic carbocycles. The van der Waals surface area contributed by atoms with Crippen molar-refractivity contribution < 1.29 is 4.42 Å². The van der Waals surface area contributed by atoms with Crippen molar-refractivity contribution in [2.45, 2.75) is 15.2 Å². The molecule has 0 amide bonds. The topological polar surface area (TPSA) is 16.4 Å². The smallest absolute Gasteiger partial charge is 0.137 e. The molecule has 4 heteroatoms. The molecule has 9 aromatic carbocycles. The Morgan fingerprint density at radius 2 is 1.00 bits per heavy atom. The summed E-state index contributed by atoms with van der Waals surface area (Å²) in [6.45, 7) is 0. The summed E-state index contributed by atoms with van der Waals surface area (Å²) >= 11 is 1.90. The zero-order chi connectivity index (χ0) is 38.9. The Labute approximate surface area is 350 Å². The van der Waals surface area contributed by atoms with Crippen LogP contribution in [-0.2, 0) is 5.41 Å². The highest BCUT2D eigenvalue weighted by Crippen LogP contribution is 2.56. The Morgan fingerprint density at radius 1 is 0.424 bits per heavy atom. The molecule has 278 valence electrons. The first-order valence-corrected chi connectivity index (χ1v) is 22.5. The zero-order valence-electron chi connectivity index (χ0n) is 32.2. The molecule has 0 bridgehead atoms. The first-order valence-electron chi connectivity index (χ1n) is 20.3. The van der Waals surface area contributed by atoms with Crippen LogP contribution in [0.5, 0.6) is 0 Å². The van der Waals surface area contributed by atoms with Gasteiger partial charge in [-0.2, -0.15) is 0 Å². The highest BCUT2D eigenvalue weighted by Gasteiger charge is 2.48. The van der Waals surface area contributed by atoms with E-state index < -0.39 is 14.9 Å². The van der Waals surface area contributed by atoms with Gasteiger partial charge in [0.15, 0.2) is 0 Å². The maximum atomic E-state index is 6.55. The predicted octanol–water partition coefficient (Wildman–Crippen LogP) is 12.7. The quantitative estimate of drug-likeness (QED) is 0.162. The Morgan fingerprint density at radius 3 is 1.76 bits per heavy atom. The summed E-state index contributed by atoms with van der Waals surface area (Å²) in [4.78, 5) is 5.13. The van der Waals surface area contributed by atoms with Gasteiger partial charge in [-0.05, 0) is 98.2 Å². The summed E-state index contributed by atoms with van der Waals surface area (Å²) in [6, 6.07) is 78.2. The highest BCUT2D eigenvalue weighted by atomic mass is 32.2. The van der Waals surface area contributed by atoms with Crippen molar-refractivity contribution in [2.75, 3.05) is 4.90 Å². The summed E-state index contributed by atoms with van der Waals surface area (Å²) < 4.78 is 6.55. The minimum atomic E-state index is -0.965. The second kappa shape index (κ2) is 13.6. The molecule has 0 saturated carbocycles. The molecule has 10 aromatic rings. The molecular formula is C55H37NOSSi. The van der Waals surface area contributed by atoms with E-state index in [0.29, 0.717) is 0 Å². The van der Waals surface area contributed by atoms with Crippen LogP contribution < -0.4 is 15.3 Å². The first-order chi connectivity index (χ1) is 29.3. The summed E-state index contributed by atoms with van der Waals surface area (Å²) in [5.74, 6) is 0. The lowest BCUT2D eigenvalue weighted by Gasteiger charge is -2.47. The molecule has 0 atom stereocenters. The van der Waals surface area contributed by atoms with Crippen molar-refractivity contribution in [1.29, 1.82) is 0 Å². The van der Waals surface area contributed by atoms with E-state index in [9.17, 15) is 0 Å². The van der Waals surface area contributed by atoms with E-state index in [-0.39, 0.29) is 0 Å². The van der Waals surface area contributed by atoms with Crippen LogP contribution in [0.15, 0.2) is 227 Å². The van der Waals surface area contributed by atoms with E-state index in [4.69, 9.17) is 4.42 Å². The fourth-order valence-corrected chi connectivity index (χ4v) is 13.4. The molecule has 0 unspecified atom stereocenters. The molecule has 2 aliphatic rings. The summed E-state index contributed by atoms with van der Waals surface area (Å²) in [5.41, 5.74) is 15.1. The normalized spacial score (nSPS) is 13.8. The maximum absolute atomic E-state index is 6.55. The van der Waals surface area contributed by atoms with E-state index in [0.717, 1.165) is 33.3 Å². The van der Waals surface area contributed by atoms with Crippen molar-refractivity contribution >= 4 is 70.7 Å². The van der Waals surface area contributed by atoms with Crippen LogP contribution in [0.3, 0.4) is 0 Å². The van der Waals surface area contributed by atoms with Gasteiger partial charge in [-0.25, -0.2) is 0 Å². The molecule has 3 heterocycles. The second-order valence-electron chi connectivity index (χ2n) is 15.6. The Bertz CT molecular complexity index is 3180. The zero-order valence-corrected chi connectivity index (χ0v) is 34.4. The lowest BCUT2D eigenvalue weighted by molar-refractivity contribution is 0.669. The molecule has 1 aromatic heterocycles. The molecular weight excluding hydrogens is 751 g/mol. The van der Waals surface area contributed by atoms with Crippen LogP contribution >= 0.6 is 11.8 Å². The Hall–Kier alpha value is -6.85. The molecule has 0 N–H and O–H groups in total. The fourth-order valence-electron chi connectivity index (χ4n) is 9.95. The standard InChI is InChI=1S/C55H37NOSSi/c1-2-15-36(16-3-1)40-17-4-5-18-41(40)37-29-31-38(32-30-37)56(39-33-34-43-42-19-6-10-25-49(42)57-50(43)35-39)48-24-14-23-47-54(48)59-53-28-13-9-22-46(53)55(47)44-20-7-11-26-51(44)58-52-27-12-8-21-45(52)55/h1-35H,59H2. The molecule has 0 saturated heterocycles. The minimum Gasteiger partial charge on any atom is -0.456 e. The number of hydrogen-bond acceptors (Lipinski definition) is 3. The Kier molecular flexibility index (Phi) is 7.90. The van der Waals surface area contributed by atoms with Crippen LogP contribution in [-0.4, -0.2) is 9.52 Å². The van der Waals surface area contributed by atoms with Gasteiger partial charge >= 0.3 is 0 Å². The third-order valence-corrected chi connectivity index (χ3v) is 15.7. The van der Waals surface area contributed by atoms with Crippen LogP contribution in [0.1, 0.15) is 22.3 Å². The molecule has 2 aliphatic heterocycles. The van der Waals surface area contributed by atoms with Crippen molar-refractivity contribution in [2.24, 2.45) is 0 Å². The number of fused-ring (bicyclic) bond motifs is 11. The third-order valence-electron chi connectivity index (χ3n) is 12.5. The molecule has 0 fully saturated rings. The maximum Gasteiger partial charge on any atom is 0.137 e. The van der Waals surface area contributed by atoms with Crippen molar-refractivity contribution in [1.82, 2.24) is 0 Å². The monoisotopic (exact) mass is 787 g/mol.